The predicted molar refractivity (Wildman–Crippen MR) is 72.9 cm³/mol. The summed E-state index contributed by atoms with van der Waals surface area (Å²) in [6, 6.07) is 0.413. The van der Waals surface area contributed by atoms with Crippen molar-refractivity contribution in [2.24, 2.45) is 5.92 Å². The Morgan fingerprint density at radius 3 is 2.78 bits per heavy atom. The molecule has 0 amide bonds. The lowest BCUT2D eigenvalue weighted by atomic mass is 9.99. The molecule has 0 saturated carbocycles. The topological polar surface area (TPSA) is 39.7 Å². The molecule has 108 valence electrons. The first-order valence-corrected chi connectivity index (χ1v) is 7.28. The van der Waals surface area contributed by atoms with Crippen molar-refractivity contribution >= 4 is 0 Å². The summed E-state index contributed by atoms with van der Waals surface area (Å²) in [7, 11) is 0. The minimum Gasteiger partial charge on any atom is -0.381 e. The van der Waals surface area contributed by atoms with Crippen molar-refractivity contribution in [3.63, 3.8) is 0 Å². The average molecular weight is 259 g/mol. The molecule has 1 heterocycles. The van der Waals surface area contributed by atoms with Gasteiger partial charge in [-0.1, -0.05) is 6.92 Å². The van der Waals surface area contributed by atoms with Crippen LogP contribution in [0.1, 0.15) is 33.6 Å². The number of nitrogens with one attached hydrogen (secondary N) is 1. The maximum absolute atomic E-state index is 5.87. The highest BCUT2D eigenvalue weighted by Gasteiger charge is 2.25. The van der Waals surface area contributed by atoms with Crippen molar-refractivity contribution < 1.29 is 14.2 Å². The second-order valence-electron chi connectivity index (χ2n) is 4.99. The summed E-state index contributed by atoms with van der Waals surface area (Å²) >= 11 is 0. The summed E-state index contributed by atoms with van der Waals surface area (Å²) in [5, 5.41) is 3.58. The van der Waals surface area contributed by atoms with Crippen LogP contribution in [0.4, 0.5) is 0 Å². The average Bonchev–Trinajstić information content (AvgIpc) is 2.90. The monoisotopic (exact) mass is 259 g/mol. The largest absolute Gasteiger partial charge is 0.381 e. The zero-order valence-electron chi connectivity index (χ0n) is 12.1. The van der Waals surface area contributed by atoms with Crippen LogP contribution < -0.4 is 5.32 Å². The SMILES string of the molecule is CCCNC(COC(C)COCC)C1CCOC1. The van der Waals surface area contributed by atoms with E-state index in [1.54, 1.807) is 0 Å². The van der Waals surface area contributed by atoms with Crippen LogP contribution in [-0.2, 0) is 14.2 Å². The van der Waals surface area contributed by atoms with Gasteiger partial charge in [0.1, 0.15) is 0 Å². The molecule has 0 aromatic rings. The lowest BCUT2D eigenvalue weighted by Gasteiger charge is -2.25. The summed E-state index contributed by atoms with van der Waals surface area (Å²) in [4.78, 5) is 0. The van der Waals surface area contributed by atoms with Gasteiger partial charge in [-0.2, -0.15) is 0 Å². The van der Waals surface area contributed by atoms with Gasteiger partial charge in [0.2, 0.25) is 0 Å². The Hall–Kier alpha value is -0.160. The molecule has 0 aromatic heterocycles. The van der Waals surface area contributed by atoms with Crippen molar-refractivity contribution in [3.05, 3.63) is 0 Å². The first-order chi connectivity index (χ1) is 8.77. The molecule has 18 heavy (non-hydrogen) atoms. The van der Waals surface area contributed by atoms with Crippen molar-refractivity contribution in [2.45, 2.75) is 45.8 Å². The van der Waals surface area contributed by atoms with Gasteiger partial charge in [-0.15, -0.1) is 0 Å². The smallest absolute Gasteiger partial charge is 0.0781 e. The number of hydrogen-bond acceptors (Lipinski definition) is 4. The zero-order chi connectivity index (χ0) is 13.2. The van der Waals surface area contributed by atoms with E-state index in [9.17, 15) is 0 Å². The molecule has 1 saturated heterocycles. The van der Waals surface area contributed by atoms with E-state index >= 15 is 0 Å². The summed E-state index contributed by atoms with van der Waals surface area (Å²) in [6.07, 6.45) is 2.46. The molecule has 0 aromatic carbocycles. The molecule has 1 rings (SSSR count). The molecule has 0 radical (unpaired) electrons. The Labute approximate surface area is 111 Å². The van der Waals surface area contributed by atoms with Crippen LogP contribution in [0.25, 0.3) is 0 Å². The quantitative estimate of drug-likeness (QED) is 0.650. The molecular formula is C14H29NO3. The Kier molecular flexibility index (Phi) is 8.59. The predicted octanol–water partition coefficient (Wildman–Crippen LogP) is 1.83. The van der Waals surface area contributed by atoms with Crippen molar-refractivity contribution in [1.29, 1.82) is 0 Å². The molecule has 0 bridgehead atoms. The van der Waals surface area contributed by atoms with Gasteiger partial charge in [-0.05, 0) is 33.2 Å². The van der Waals surface area contributed by atoms with E-state index in [4.69, 9.17) is 14.2 Å². The van der Waals surface area contributed by atoms with Gasteiger partial charge in [0.25, 0.3) is 0 Å². The van der Waals surface area contributed by atoms with Gasteiger partial charge >= 0.3 is 0 Å². The third kappa shape index (κ3) is 6.14. The maximum Gasteiger partial charge on any atom is 0.0781 e. The fourth-order valence-electron chi connectivity index (χ4n) is 2.16. The van der Waals surface area contributed by atoms with Crippen molar-refractivity contribution in [3.8, 4) is 0 Å². The van der Waals surface area contributed by atoms with Crippen molar-refractivity contribution in [1.82, 2.24) is 5.32 Å². The maximum atomic E-state index is 5.87. The third-order valence-corrected chi connectivity index (χ3v) is 3.31. The van der Waals surface area contributed by atoms with E-state index in [0.29, 0.717) is 18.6 Å². The van der Waals surface area contributed by atoms with Gasteiger partial charge in [0.05, 0.1) is 25.9 Å². The van der Waals surface area contributed by atoms with Gasteiger partial charge in [-0.3, -0.25) is 0 Å². The fourth-order valence-corrected chi connectivity index (χ4v) is 2.16. The number of hydrogen-bond donors (Lipinski definition) is 1. The van der Waals surface area contributed by atoms with E-state index in [0.717, 1.165) is 45.8 Å². The molecule has 1 aliphatic rings. The minimum atomic E-state index is 0.165. The highest BCUT2D eigenvalue weighted by Crippen LogP contribution is 2.17. The Bertz CT molecular complexity index is 195. The molecule has 0 aliphatic carbocycles. The number of rotatable bonds is 10. The molecule has 1 fully saturated rings. The van der Waals surface area contributed by atoms with Crippen LogP contribution in [0.5, 0.6) is 0 Å². The van der Waals surface area contributed by atoms with Crippen molar-refractivity contribution in [2.75, 3.05) is 39.6 Å². The van der Waals surface area contributed by atoms with Crippen LogP contribution in [-0.4, -0.2) is 51.7 Å². The van der Waals surface area contributed by atoms with E-state index in [1.165, 1.54) is 0 Å². The second kappa shape index (κ2) is 9.73. The van der Waals surface area contributed by atoms with Gasteiger partial charge in [-0.25, -0.2) is 0 Å². The van der Waals surface area contributed by atoms with Crippen LogP contribution in [0.15, 0.2) is 0 Å². The molecule has 4 heteroatoms. The van der Waals surface area contributed by atoms with Gasteiger partial charge < -0.3 is 19.5 Å². The summed E-state index contributed by atoms with van der Waals surface area (Å²) in [5.41, 5.74) is 0. The molecule has 3 atom stereocenters. The van der Waals surface area contributed by atoms with Crippen LogP contribution in [0.3, 0.4) is 0 Å². The van der Waals surface area contributed by atoms with E-state index in [2.05, 4.69) is 19.2 Å². The molecular weight excluding hydrogens is 230 g/mol. The first kappa shape index (κ1) is 15.9. The second-order valence-corrected chi connectivity index (χ2v) is 4.99. The molecule has 0 spiro atoms. The van der Waals surface area contributed by atoms with Crippen LogP contribution in [0.2, 0.25) is 0 Å². The van der Waals surface area contributed by atoms with E-state index < -0.39 is 0 Å². The highest BCUT2D eigenvalue weighted by atomic mass is 16.5. The lowest BCUT2D eigenvalue weighted by Crippen LogP contribution is -2.42. The normalized spacial score (nSPS) is 23.2. The Morgan fingerprint density at radius 2 is 2.17 bits per heavy atom. The van der Waals surface area contributed by atoms with Gasteiger partial charge in [0, 0.05) is 25.2 Å². The molecule has 1 aliphatic heterocycles. The summed E-state index contributed by atoms with van der Waals surface area (Å²) < 4.78 is 16.7. The van der Waals surface area contributed by atoms with E-state index in [-0.39, 0.29) is 6.10 Å². The lowest BCUT2D eigenvalue weighted by molar-refractivity contribution is -0.0176. The summed E-state index contributed by atoms with van der Waals surface area (Å²) in [6.45, 7) is 11.3. The summed E-state index contributed by atoms with van der Waals surface area (Å²) in [5.74, 6) is 0.593. The standard InChI is InChI=1S/C14H29NO3/c1-4-7-15-14(13-6-8-17-10-13)11-18-12(3)9-16-5-2/h12-15H,4-11H2,1-3H3. The fraction of sp³-hybridized carbons (Fsp3) is 1.00. The molecule has 4 nitrogen and oxygen atoms in total. The highest BCUT2D eigenvalue weighted by molar-refractivity contribution is 4.79. The van der Waals surface area contributed by atoms with Crippen LogP contribution >= 0.6 is 0 Å². The van der Waals surface area contributed by atoms with E-state index in [1.807, 2.05) is 6.92 Å². The molecule has 3 unspecified atom stereocenters. The third-order valence-electron chi connectivity index (χ3n) is 3.31. The van der Waals surface area contributed by atoms with Crippen LogP contribution in [0, 0.1) is 5.92 Å². The first-order valence-electron chi connectivity index (χ1n) is 7.28. The molecule has 1 N–H and O–H groups in total. The zero-order valence-corrected chi connectivity index (χ0v) is 12.1. The Balaban J connectivity index is 2.26. The minimum absolute atomic E-state index is 0.165. The van der Waals surface area contributed by atoms with Gasteiger partial charge in [0.15, 0.2) is 0 Å². The number of ether oxygens (including phenoxy) is 3. The Morgan fingerprint density at radius 1 is 1.33 bits per heavy atom.